The van der Waals surface area contributed by atoms with Crippen molar-refractivity contribution in [2.75, 3.05) is 18.0 Å². The summed E-state index contributed by atoms with van der Waals surface area (Å²) in [4.78, 5) is 26.9. The first-order chi connectivity index (χ1) is 13.7. The van der Waals surface area contributed by atoms with Gasteiger partial charge in [-0.25, -0.2) is 9.67 Å². The Morgan fingerprint density at radius 3 is 2.82 bits per heavy atom. The third-order valence-electron chi connectivity index (χ3n) is 5.13. The number of anilines is 1. The Labute approximate surface area is 160 Å². The highest BCUT2D eigenvalue weighted by Crippen LogP contribution is 2.27. The molecular formula is C19H20N8O. The summed E-state index contributed by atoms with van der Waals surface area (Å²) >= 11 is 0. The number of hydrogen-bond donors (Lipinski definition) is 2. The van der Waals surface area contributed by atoms with Gasteiger partial charge in [0.25, 0.3) is 5.56 Å². The van der Waals surface area contributed by atoms with Crippen LogP contribution in [-0.4, -0.2) is 48.0 Å². The van der Waals surface area contributed by atoms with Gasteiger partial charge in [-0.15, -0.1) is 0 Å². The number of piperidine rings is 1. The summed E-state index contributed by atoms with van der Waals surface area (Å²) in [7, 11) is 0. The van der Waals surface area contributed by atoms with E-state index in [0.717, 1.165) is 36.7 Å². The SMILES string of the molecule is Cc1nc(C2CCCN(c3nc4c(cnn4-c4ccccc4)c(=O)[nH]3)C2)n[nH]1. The summed E-state index contributed by atoms with van der Waals surface area (Å²) in [5.41, 5.74) is 1.24. The number of hydrogen-bond acceptors (Lipinski definition) is 6. The van der Waals surface area contributed by atoms with Gasteiger partial charge < -0.3 is 4.90 Å². The molecule has 0 saturated carbocycles. The topological polar surface area (TPSA) is 108 Å². The number of aromatic amines is 2. The first-order valence-corrected chi connectivity index (χ1v) is 9.36. The van der Waals surface area contributed by atoms with Crippen LogP contribution in [-0.2, 0) is 0 Å². The van der Waals surface area contributed by atoms with E-state index in [-0.39, 0.29) is 11.5 Å². The van der Waals surface area contributed by atoms with Crippen LogP contribution < -0.4 is 10.5 Å². The molecule has 2 N–H and O–H groups in total. The van der Waals surface area contributed by atoms with Gasteiger partial charge in [0.05, 0.1) is 11.9 Å². The highest BCUT2D eigenvalue weighted by Gasteiger charge is 2.26. The summed E-state index contributed by atoms with van der Waals surface area (Å²) in [6, 6.07) is 9.70. The zero-order valence-corrected chi connectivity index (χ0v) is 15.5. The number of nitrogens with one attached hydrogen (secondary N) is 2. The number of benzene rings is 1. The van der Waals surface area contributed by atoms with Crippen molar-refractivity contribution >= 4 is 17.0 Å². The maximum absolute atomic E-state index is 12.6. The van der Waals surface area contributed by atoms with Crippen LogP contribution in [0.5, 0.6) is 0 Å². The van der Waals surface area contributed by atoms with Crippen LogP contribution >= 0.6 is 0 Å². The molecular weight excluding hydrogens is 356 g/mol. The van der Waals surface area contributed by atoms with Gasteiger partial charge in [0, 0.05) is 19.0 Å². The van der Waals surface area contributed by atoms with Crippen molar-refractivity contribution in [1.29, 1.82) is 0 Å². The number of aromatic nitrogens is 7. The molecule has 1 atom stereocenters. The van der Waals surface area contributed by atoms with E-state index < -0.39 is 0 Å². The van der Waals surface area contributed by atoms with Crippen LogP contribution in [0.2, 0.25) is 0 Å². The number of nitrogens with zero attached hydrogens (tertiary/aromatic N) is 6. The Kier molecular flexibility index (Phi) is 3.92. The van der Waals surface area contributed by atoms with Crippen molar-refractivity contribution in [3.05, 3.63) is 58.5 Å². The number of H-pyrrole nitrogens is 2. The molecule has 142 valence electrons. The fourth-order valence-corrected chi connectivity index (χ4v) is 3.74. The van der Waals surface area contributed by atoms with Gasteiger partial charge in [-0.2, -0.15) is 15.2 Å². The molecule has 3 aromatic heterocycles. The van der Waals surface area contributed by atoms with Gasteiger partial charge in [-0.3, -0.25) is 14.9 Å². The van der Waals surface area contributed by atoms with Crippen LogP contribution in [0, 0.1) is 6.92 Å². The predicted molar refractivity (Wildman–Crippen MR) is 105 cm³/mol. The zero-order valence-electron chi connectivity index (χ0n) is 15.5. The van der Waals surface area contributed by atoms with Crippen molar-refractivity contribution in [1.82, 2.24) is 34.9 Å². The molecule has 5 rings (SSSR count). The minimum absolute atomic E-state index is 0.182. The third-order valence-corrected chi connectivity index (χ3v) is 5.13. The van der Waals surface area contributed by atoms with Gasteiger partial charge in [-0.05, 0) is 31.9 Å². The second-order valence-electron chi connectivity index (χ2n) is 7.08. The van der Waals surface area contributed by atoms with Crippen molar-refractivity contribution in [2.24, 2.45) is 0 Å². The van der Waals surface area contributed by atoms with E-state index in [1.54, 1.807) is 10.9 Å². The summed E-state index contributed by atoms with van der Waals surface area (Å²) in [6.07, 6.45) is 3.56. The van der Waals surface area contributed by atoms with Crippen molar-refractivity contribution in [2.45, 2.75) is 25.7 Å². The standard InChI is InChI=1S/C19H20N8O/c1-12-21-16(25-24-12)13-6-5-9-26(11-13)19-22-17-15(18(28)23-19)10-20-27(17)14-7-3-2-4-8-14/h2-4,7-8,10,13H,5-6,9,11H2,1H3,(H,21,24,25)(H,22,23,28). The second-order valence-corrected chi connectivity index (χ2v) is 7.08. The lowest BCUT2D eigenvalue weighted by Crippen LogP contribution is -2.37. The van der Waals surface area contributed by atoms with Crippen LogP contribution in [0.3, 0.4) is 0 Å². The molecule has 0 spiro atoms. The largest absolute Gasteiger partial charge is 0.342 e. The van der Waals surface area contributed by atoms with E-state index in [9.17, 15) is 4.79 Å². The van der Waals surface area contributed by atoms with Crippen LogP contribution in [0.25, 0.3) is 16.7 Å². The molecule has 0 bridgehead atoms. The lowest BCUT2D eigenvalue weighted by Gasteiger charge is -2.31. The summed E-state index contributed by atoms with van der Waals surface area (Å²) < 4.78 is 1.70. The number of fused-ring (bicyclic) bond motifs is 1. The molecule has 1 fully saturated rings. The Bertz CT molecular complexity index is 1180. The Morgan fingerprint density at radius 2 is 2.04 bits per heavy atom. The average molecular weight is 376 g/mol. The minimum atomic E-state index is -0.182. The van der Waals surface area contributed by atoms with Gasteiger partial charge in [0.15, 0.2) is 11.5 Å². The molecule has 0 amide bonds. The molecule has 1 aliphatic rings. The Morgan fingerprint density at radius 1 is 1.18 bits per heavy atom. The average Bonchev–Trinajstić information content (AvgIpc) is 3.35. The number of para-hydroxylation sites is 1. The van der Waals surface area contributed by atoms with E-state index in [1.165, 1.54) is 0 Å². The van der Waals surface area contributed by atoms with Gasteiger partial charge in [0.1, 0.15) is 11.2 Å². The quantitative estimate of drug-likeness (QED) is 0.565. The van der Waals surface area contributed by atoms with Crippen LogP contribution in [0.4, 0.5) is 5.95 Å². The van der Waals surface area contributed by atoms with Crippen molar-refractivity contribution in [3.8, 4) is 5.69 Å². The van der Waals surface area contributed by atoms with Gasteiger partial charge in [-0.1, -0.05) is 18.2 Å². The molecule has 1 saturated heterocycles. The maximum atomic E-state index is 12.6. The van der Waals surface area contributed by atoms with Gasteiger partial charge >= 0.3 is 0 Å². The smallest absolute Gasteiger partial charge is 0.263 e. The first-order valence-electron chi connectivity index (χ1n) is 9.36. The first kappa shape index (κ1) is 16.7. The van der Waals surface area contributed by atoms with E-state index in [1.807, 2.05) is 37.3 Å². The Hall–Kier alpha value is -3.49. The van der Waals surface area contributed by atoms with Gasteiger partial charge in [0.2, 0.25) is 5.95 Å². The number of rotatable bonds is 3. The summed E-state index contributed by atoms with van der Waals surface area (Å²) in [5, 5.41) is 12.1. The van der Waals surface area contributed by atoms with E-state index >= 15 is 0 Å². The summed E-state index contributed by atoms with van der Waals surface area (Å²) in [5.74, 6) is 2.40. The monoisotopic (exact) mass is 376 g/mol. The molecule has 4 aromatic rings. The van der Waals surface area contributed by atoms with E-state index in [0.29, 0.717) is 23.5 Å². The van der Waals surface area contributed by atoms with Crippen LogP contribution in [0.15, 0.2) is 41.3 Å². The van der Waals surface area contributed by atoms with Crippen LogP contribution in [0.1, 0.15) is 30.4 Å². The molecule has 4 heterocycles. The Balaban J connectivity index is 1.53. The molecule has 0 radical (unpaired) electrons. The fourth-order valence-electron chi connectivity index (χ4n) is 3.74. The lowest BCUT2D eigenvalue weighted by atomic mass is 9.98. The lowest BCUT2D eigenvalue weighted by molar-refractivity contribution is 0.486. The zero-order chi connectivity index (χ0) is 19.1. The highest BCUT2D eigenvalue weighted by atomic mass is 16.1. The molecule has 0 aliphatic carbocycles. The van der Waals surface area contributed by atoms with Crippen molar-refractivity contribution < 1.29 is 0 Å². The molecule has 1 unspecified atom stereocenters. The molecule has 9 heteroatoms. The number of aryl methyl sites for hydroxylation is 1. The summed E-state index contributed by atoms with van der Waals surface area (Å²) in [6.45, 7) is 3.44. The minimum Gasteiger partial charge on any atom is -0.342 e. The normalized spacial score (nSPS) is 17.3. The second kappa shape index (κ2) is 6.59. The third kappa shape index (κ3) is 2.84. The molecule has 28 heavy (non-hydrogen) atoms. The molecule has 1 aromatic carbocycles. The fraction of sp³-hybridized carbons (Fsp3) is 0.316. The molecule has 9 nitrogen and oxygen atoms in total. The van der Waals surface area contributed by atoms with E-state index in [2.05, 4.69) is 30.2 Å². The maximum Gasteiger partial charge on any atom is 0.263 e. The van der Waals surface area contributed by atoms with Crippen molar-refractivity contribution in [3.63, 3.8) is 0 Å². The highest BCUT2D eigenvalue weighted by molar-refractivity contribution is 5.76. The predicted octanol–water partition coefficient (Wildman–Crippen LogP) is 1.92. The molecule has 1 aliphatic heterocycles. The van der Waals surface area contributed by atoms with E-state index in [4.69, 9.17) is 4.98 Å².